The minimum Gasteiger partial charge on any atom is -0.508 e. The number of phenolic OH excluding ortho intramolecular Hbond substituents is 2. The van der Waals surface area contributed by atoms with Gasteiger partial charge >= 0.3 is 0 Å². The molecule has 0 spiro atoms. The quantitative estimate of drug-likeness (QED) is 0.709. The molecule has 0 bridgehead atoms. The summed E-state index contributed by atoms with van der Waals surface area (Å²) in [7, 11) is 0. The number of carbonyl (C=O) groups excluding carboxylic acids is 1. The highest BCUT2D eigenvalue weighted by Gasteiger charge is 2.13. The lowest BCUT2D eigenvalue weighted by atomic mass is 9.98. The summed E-state index contributed by atoms with van der Waals surface area (Å²) in [5.74, 6) is -0.213. The lowest BCUT2D eigenvalue weighted by Crippen LogP contribution is -1.93. The molecule has 0 fully saturated rings. The van der Waals surface area contributed by atoms with E-state index in [1.165, 1.54) is 12.1 Å². The highest BCUT2D eigenvalue weighted by atomic mass is 35.5. The maximum atomic E-state index is 10.9. The van der Waals surface area contributed by atoms with E-state index in [4.69, 9.17) is 11.6 Å². The molecule has 0 saturated carbocycles. The number of hydrogen-bond donors (Lipinski definition) is 2. The van der Waals surface area contributed by atoms with Crippen LogP contribution < -0.4 is 0 Å². The summed E-state index contributed by atoms with van der Waals surface area (Å²) in [6.45, 7) is 0. The van der Waals surface area contributed by atoms with E-state index >= 15 is 0 Å². The van der Waals surface area contributed by atoms with Crippen molar-refractivity contribution < 1.29 is 15.0 Å². The summed E-state index contributed by atoms with van der Waals surface area (Å²) in [6.07, 6.45) is 0.889. The van der Waals surface area contributed by atoms with Gasteiger partial charge < -0.3 is 10.2 Å². The van der Waals surface area contributed by atoms with Gasteiger partial charge in [-0.1, -0.05) is 41.9 Å². The van der Waals surface area contributed by atoms with Crippen LogP contribution in [0, 0.1) is 0 Å². The summed E-state index contributed by atoms with van der Waals surface area (Å²) in [5, 5.41) is 22.6. The lowest BCUT2D eigenvalue weighted by Gasteiger charge is -2.10. The Hall–Kier alpha value is -2.52. The predicted octanol–water partition coefficient (Wildman–Crippen LogP) is 4.31. The van der Waals surface area contributed by atoms with E-state index < -0.39 is 0 Å². The smallest absolute Gasteiger partial charge is 0.153 e. The van der Waals surface area contributed by atoms with Crippen molar-refractivity contribution in [3.05, 3.63) is 70.2 Å². The largest absolute Gasteiger partial charge is 0.508 e. The van der Waals surface area contributed by atoms with Crippen LogP contribution in [0.15, 0.2) is 48.5 Å². The molecular formula is C18H13ClO3. The second-order valence-electron chi connectivity index (χ2n) is 5.09. The Balaban J connectivity index is 2.05. The van der Waals surface area contributed by atoms with Crippen LogP contribution in [0.25, 0.3) is 10.8 Å². The number of hydrogen-bond acceptors (Lipinski definition) is 3. The summed E-state index contributed by atoms with van der Waals surface area (Å²) in [5.41, 5.74) is 1.41. The number of fused-ring (bicyclic) bond motifs is 1. The molecule has 110 valence electrons. The third-order valence-corrected chi connectivity index (χ3v) is 4.02. The SMILES string of the molecule is O=Cc1ccc(O)c(Cc2ccc3c(Cl)cccc3c2)c1O. The molecule has 0 unspecified atom stereocenters. The molecule has 0 aliphatic heterocycles. The molecule has 4 heteroatoms. The number of halogens is 1. The summed E-state index contributed by atoms with van der Waals surface area (Å²) >= 11 is 6.14. The van der Waals surface area contributed by atoms with Crippen molar-refractivity contribution in [3.63, 3.8) is 0 Å². The van der Waals surface area contributed by atoms with Crippen LogP contribution in [0.4, 0.5) is 0 Å². The van der Waals surface area contributed by atoms with Gasteiger partial charge in [0.1, 0.15) is 11.5 Å². The van der Waals surface area contributed by atoms with E-state index in [0.717, 1.165) is 16.3 Å². The molecule has 0 amide bonds. The Morgan fingerprint density at radius 1 is 1.05 bits per heavy atom. The molecule has 3 nitrogen and oxygen atoms in total. The first-order chi connectivity index (χ1) is 10.6. The van der Waals surface area contributed by atoms with E-state index in [0.29, 0.717) is 23.3 Å². The molecule has 0 aliphatic rings. The number of phenols is 2. The molecule has 0 heterocycles. The lowest BCUT2D eigenvalue weighted by molar-refractivity contribution is 0.112. The number of carbonyl (C=O) groups is 1. The van der Waals surface area contributed by atoms with E-state index in [9.17, 15) is 15.0 Å². The Morgan fingerprint density at radius 2 is 1.86 bits per heavy atom. The molecule has 0 atom stereocenters. The second-order valence-corrected chi connectivity index (χ2v) is 5.50. The van der Waals surface area contributed by atoms with Crippen molar-refractivity contribution in [3.8, 4) is 11.5 Å². The molecule has 3 aromatic carbocycles. The van der Waals surface area contributed by atoms with Crippen molar-refractivity contribution in [1.82, 2.24) is 0 Å². The number of aromatic hydroxyl groups is 2. The van der Waals surface area contributed by atoms with Crippen LogP contribution in [0.1, 0.15) is 21.5 Å². The topological polar surface area (TPSA) is 57.5 Å². The van der Waals surface area contributed by atoms with E-state index in [2.05, 4.69) is 0 Å². The van der Waals surface area contributed by atoms with Gasteiger partial charge in [-0.05, 0) is 29.1 Å². The van der Waals surface area contributed by atoms with Gasteiger partial charge in [-0.3, -0.25) is 4.79 Å². The molecule has 22 heavy (non-hydrogen) atoms. The van der Waals surface area contributed by atoms with Crippen molar-refractivity contribution >= 4 is 28.7 Å². The third kappa shape index (κ3) is 2.51. The first-order valence-corrected chi connectivity index (χ1v) is 7.14. The Labute approximate surface area is 132 Å². The predicted molar refractivity (Wildman–Crippen MR) is 86.9 cm³/mol. The summed E-state index contributed by atoms with van der Waals surface area (Å²) in [4.78, 5) is 10.9. The first kappa shape index (κ1) is 14.4. The van der Waals surface area contributed by atoms with Crippen molar-refractivity contribution in [2.75, 3.05) is 0 Å². The van der Waals surface area contributed by atoms with Gasteiger partial charge in [0.05, 0.1) is 5.56 Å². The van der Waals surface area contributed by atoms with Crippen molar-refractivity contribution in [1.29, 1.82) is 0 Å². The maximum absolute atomic E-state index is 10.9. The first-order valence-electron chi connectivity index (χ1n) is 6.76. The normalized spacial score (nSPS) is 10.8. The molecule has 0 saturated heterocycles. The molecule has 0 aliphatic carbocycles. The van der Waals surface area contributed by atoms with E-state index in [1.54, 1.807) is 0 Å². The van der Waals surface area contributed by atoms with Crippen molar-refractivity contribution in [2.24, 2.45) is 0 Å². The fourth-order valence-electron chi connectivity index (χ4n) is 2.52. The van der Waals surface area contributed by atoms with Crippen molar-refractivity contribution in [2.45, 2.75) is 6.42 Å². The highest BCUT2D eigenvalue weighted by molar-refractivity contribution is 6.35. The number of rotatable bonds is 3. The van der Waals surface area contributed by atoms with Crippen LogP contribution in [-0.2, 0) is 6.42 Å². The van der Waals surface area contributed by atoms with Crippen LogP contribution in [0.3, 0.4) is 0 Å². The molecule has 0 radical (unpaired) electrons. The molecule has 2 N–H and O–H groups in total. The van der Waals surface area contributed by atoms with E-state index in [-0.39, 0.29) is 17.1 Å². The minimum atomic E-state index is -0.179. The maximum Gasteiger partial charge on any atom is 0.153 e. The van der Waals surface area contributed by atoms with Crippen LogP contribution in [-0.4, -0.2) is 16.5 Å². The third-order valence-electron chi connectivity index (χ3n) is 3.69. The highest BCUT2D eigenvalue weighted by Crippen LogP contribution is 2.33. The zero-order chi connectivity index (χ0) is 15.7. The Bertz CT molecular complexity index is 872. The average Bonchev–Trinajstić information content (AvgIpc) is 2.52. The zero-order valence-electron chi connectivity index (χ0n) is 11.6. The summed E-state index contributed by atoms with van der Waals surface area (Å²) < 4.78 is 0. The molecule has 3 aromatic rings. The fourth-order valence-corrected chi connectivity index (χ4v) is 2.77. The van der Waals surface area contributed by atoms with Gasteiger partial charge in [-0.15, -0.1) is 0 Å². The van der Waals surface area contributed by atoms with Gasteiger partial charge in [-0.2, -0.15) is 0 Å². The number of aldehydes is 1. The fraction of sp³-hybridized carbons (Fsp3) is 0.0556. The monoisotopic (exact) mass is 312 g/mol. The molecule has 3 rings (SSSR count). The molecular weight excluding hydrogens is 300 g/mol. The second kappa shape index (κ2) is 5.70. The zero-order valence-corrected chi connectivity index (χ0v) is 12.3. The van der Waals surface area contributed by atoms with Gasteiger partial charge in [0.2, 0.25) is 0 Å². The summed E-state index contributed by atoms with van der Waals surface area (Å²) in [6, 6.07) is 14.2. The minimum absolute atomic E-state index is 0.0331. The molecule has 0 aromatic heterocycles. The average molecular weight is 313 g/mol. The van der Waals surface area contributed by atoms with Gasteiger partial charge in [-0.25, -0.2) is 0 Å². The van der Waals surface area contributed by atoms with Crippen LogP contribution >= 0.6 is 11.6 Å². The van der Waals surface area contributed by atoms with Gasteiger partial charge in [0, 0.05) is 22.4 Å². The van der Waals surface area contributed by atoms with Crippen LogP contribution in [0.2, 0.25) is 5.02 Å². The Morgan fingerprint density at radius 3 is 2.64 bits per heavy atom. The number of benzene rings is 3. The Kier molecular flexibility index (Phi) is 3.73. The van der Waals surface area contributed by atoms with E-state index in [1.807, 2.05) is 36.4 Å². The van der Waals surface area contributed by atoms with Gasteiger partial charge in [0.15, 0.2) is 6.29 Å². The van der Waals surface area contributed by atoms with Gasteiger partial charge in [0.25, 0.3) is 0 Å². The standard InChI is InChI=1S/C18H13ClO3/c19-16-3-1-2-12-8-11(4-6-14(12)16)9-15-17(21)7-5-13(10-20)18(15)22/h1-8,10,21-22H,9H2. The van der Waals surface area contributed by atoms with Crippen LogP contribution in [0.5, 0.6) is 11.5 Å².